The molecule has 1 heterocycles. The summed E-state index contributed by atoms with van der Waals surface area (Å²) >= 11 is 0. The summed E-state index contributed by atoms with van der Waals surface area (Å²) in [5.41, 5.74) is 1.51. The summed E-state index contributed by atoms with van der Waals surface area (Å²) in [6, 6.07) is 4.38. The summed E-state index contributed by atoms with van der Waals surface area (Å²) in [4.78, 5) is 0. The van der Waals surface area contributed by atoms with Crippen LogP contribution in [-0.4, -0.2) is 0 Å². The lowest BCUT2D eigenvalue weighted by atomic mass is 9.88. The Morgan fingerprint density at radius 1 is 0.857 bits per heavy atom. The molecule has 0 unspecified atom stereocenters. The van der Waals surface area contributed by atoms with E-state index in [0.29, 0.717) is 0 Å². The molecule has 0 aliphatic heterocycles. The zero-order chi connectivity index (χ0) is 17.1. The molecule has 0 radical (unpaired) electrons. The van der Waals surface area contributed by atoms with Crippen molar-refractivity contribution in [2.45, 2.75) is 65.7 Å². The van der Waals surface area contributed by atoms with Gasteiger partial charge in [-0.15, -0.1) is 10.2 Å². The number of hydrogen-bond donors (Lipinski definition) is 0. The molecule has 0 amide bonds. The van der Waals surface area contributed by atoms with E-state index in [4.69, 9.17) is 23.1 Å². The second-order valence-corrected chi connectivity index (χ2v) is 7.68. The molecule has 1 rings (SSSR count). The Balaban J connectivity index is 0.000000690. The van der Waals surface area contributed by atoms with Gasteiger partial charge in [0.2, 0.25) is 0 Å². The Bertz CT molecular complexity index is 414. The lowest BCUT2D eigenvalue weighted by Gasteiger charge is -2.17. The van der Waals surface area contributed by atoms with E-state index in [1.807, 2.05) is 0 Å². The van der Waals surface area contributed by atoms with Crippen LogP contribution >= 0.6 is 0 Å². The largest absolute Gasteiger partial charge is 0.334 e. The molecule has 0 aliphatic carbocycles. The fourth-order valence-electron chi connectivity index (χ4n) is 1.50. The van der Waals surface area contributed by atoms with Crippen molar-refractivity contribution >= 4 is 0 Å². The molecule has 5 nitrogen and oxygen atoms in total. The zero-order valence-electron chi connectivity index (χ0n) is 13.8. The van der Waals surface area contributed by atoms with Crippen molar-refractivity contribution in [3.05, 3.63) is 29.2 Å². The van der Waals surface area contributed by atoms with E-state index in [9.17, 15) is 0 Å². The average Bonchev–Trinajstić information content (AvgIpc) is 2.23. The van der Waals surface area contributed by atoms with Crippen LogP contribution in [0.15, 0.2) is 16.5 Å². The highest BCUT2D eigenvalue weighted by atomic mass is 35.7. The first-order valence-electron chi connectivity index (χ1n) is 6.74. The van der Waals surface area contributed by atoms with Crippen molar-refractivity contribution in [2.24, 2.45) is 0 Å². The molecule has 122 valence electrons. The number of halogens is 1. The molecule has 0 saturated carbocycles. The summed E-state index contributed by atoms with van der Waals surface area (Å²) in [5.74, 6) is 2.16. The molecule has 6 heteroatoms. The zero-order valence-corrected chi connectivity index (χ0v) is 14.5. The van der Waals surface area contributed by atoms with Gasteiger partial charge in [0.05, 0.1) is 10.8 Å². The van der Waals surface area contributed by atoms with Gasteiger partial charge >= 0.3 is 11.5 Å². The van der Waals surface area contributed by atoms with Gasteiger partial charge in [-0.1, -0.05) is 6.92 Å². The van der Waals surface area contributed by atoms with Crippen LogP contribution in [0.2, 0.25) is 0 Å². The second kappa shape index (κ2) is 7.03. The van der Waals surface area contributed by atoms with Gasteiger partial charge in [0.1, 0.15) is 0 Å². The molecule has 0 saturated heterocycles. The van der Waals surface area contributed by atoms with Crippen LogP contribution in [0.3, 0.4) is 0 Å². The third-order valence-corrected chi connectivity index (χ3v) is 2.74. The van der Waals surface area contributed by atoms with E-state index in [1.54, 1.807) is 0 Å². The van der Waals surface area contributed by atoms with Crippen LogP contribution in [-0.2, 0) is 17.3 Å². The van der Waals surface area contributed by atoms with Crippen LogP contribution in [0, 0.1) is 10.2 Å². The van der Waals surface area contributed by atoms with Gasteiger partial charge in [0.15, 0.2) is 0 Å². The highest BCUT2D eigenvalue weighted by Gasteiger charge is 2.33. The minimum Gasteiger partial charge on any atom is -0.222 e. The molecule has 1 aromatic heterocycles. The molecule has 0 spiro atoms. The van der Waals surface area contributed by atoms with E-state index in [0.717, 1.165) is 17.9 Å². The Kier molecular flexibility index (Phi) is 6.79. The molecular weight excluding hydrogens is 296 g/mol. The van der Waals surface area contributed by atoms with Gasteiger partial charge in [0.25, 0.3) is 0 Å². The van der Waals surface area contributed by atoms with Crippen LogP contribution < -0.4 is 18.6 Å². The van der Waals surface area contributed by atoms with Crippen LogP contribution in [0.5, 0.6) is 0 Å². The maximum Gasteiger partial charge on any atom is 0.334 e. The van der Waals surface area contributed by atoms with E-state index >= 15 is 0 Å². The highest BCUT2D eigenvalue weighted by Crippen LogP contribution is 2.30. The number of aryl methyl sites for hydroxylation is 1. The lowest BCUT2D eigenvalue weighted by Crippen LogP contribution is -2.68. The second-order valence-electron chi connectivity index (χ2n) is 6.93. The van der Waals surface area contributed by atoms with Crippen LogP contribution in [0.1, 0.15) is 65.6 Å². The highest BCUT2D eigenvalue weighted by molar-refractivity contribution is 5.25. The van der Waals surface area contributed by atoms with Crippen molar-refractivity contribution < 1.29 is 33.3 Å². The topological polar surface area (TPSA) is 104 Å². The SMILES string of the molecule is CCc1cc(C(C)(C)C)[o+]c(C(C)(C)C)c1.[O-][Cl+3]([O-])([O-])[O-]. The van der Waals surface area contributed by atoms with E-state index < -0.39 is 10.2 Å². The summed E-state index contributed by atoms with van der Waals surface area (Å²) in [6.07, 6.45) is 1.06. The summed E-state index contributed by atoms with van der Waals surface area (Å²) < 4.78 is 40.0. The van der Waals surface area contributed by atoms with Gasteiger partial charge in [0, 0.05) is 12.1 Å². The van der Waals surface area contributed by atoms with E-state index in [1.165, 1.54) is 5.56 Å². The van der Waals surface area contributed by atoms with Gasteiger partial charge in [-0.25, -0.2) is 23.1 Å². The lowest BCUT2D eigenvalue weighted by molar-refractivity contribution is -2.00. The molecule has 0 atom stereocenters. The summed E-state index contributed by atoms with van der Waals surface area (Å²) in [5, 5.41) is 0. The summed E-state index contributed by atoms with van der Waals surface area (Å²) in [6.45, 7) is 15.3. The van der Waals surface area contributed by atoms with Crippen molar-refractivity contribution in [1.82, 2.24) is 0 Å². The van der Waals surface area contributed by atoms with E-state index in [2.05, 4.69) is 60.6 Å². The van der Waals surface area contributed by atoms with Crippen molar-refractivity contribution in [3.8, 4) is 0 Å². The Morgan fingerprint density at radius 3 is 1.33 bits per heavy atom. The molecule has 21 heavy (non-hydrogen) atoms. The fourth-order valence-corrected chi connectivity index (χ4v) is 1.50. The van der Waals surface area contributed by atoms with Gasteiger partial charge in [-0.05, 0) is 53.5 Å². The first kappa shape index (κ1) is 20.3. The molecular formula is C15H25ClO5. The average molecular weight is 321 g/mol. The minimum absolute atomic E-state index is 0.0746. The molecule has 1 aromatic rings. The standard InChI is InChI=1S/C15H25O.ClHO4/c1-8-11-9-12(14(2,3)4)16-13(10-11)15(5,6)7;2-1(3,4)5/h9-10H,8H2,1-7H3;(H,2,3,4,5)/q+1;/p-1. The molecule has 0 aromatic carbocycles. The fraction of sp³-hybridized carbons (Fsp3) is 0.667. The summed E-state index contributed by atoms with van der Waals surface area (Å²) in [7, 11) is -4.94. The van der Waals surface area contributed by atoms with Gasteiger partial charge < -0.3 is 0 Å². The van der Waals surface area contributed by atoms with Crippen LogP contribution in [0.25, 0.3) is 0 Å². The van der Waals surface area contributed by atoms with Crippen molar-refractivity contribution in [1.29, 1.82) is 0 Å². The minimum atomic E-state index is -4.94. The maximum atomic E-state index is 8.49. The predicted octanol–water partition coefficient (Wildman–Crippen LogP) is -0.0379. The molecule has 0 bridgehead atoms. The predicted molar refractivity (Wildman–Crippen MR) is 69.9 cm³/mol. The van der Waals surface area contributed by atoms with Crippen molar-refractivity contribution in [2.75, 3.05) is 0 Å². The molecule has 0 N–H and O–H groups in total. The monoisotopic (exact) mass is 320 g/mol. The smallest absolute Gasteiger partial charge is 0.222 e. The Hall–Kier alpha value is -0.720. The van der Waals surface area contributed by atoms with E-state index in [-0.39, 0.29) is 10.8 Å². The van der Waals surface area contributed by atoms with Gasteiger partial charge in [-0.2, -0.15) is 0 Å². The first-order valence-corrected chi connectivity index (χ1v) is 7.98. The number of rotatable bonds is 1. The number of hydrogen-bond acceptors (Lipinski definition) is 4. The maximum absolute atomic E-state index is 8.49. The molecule has 0 fully saturated rings. The van der Waals surface area contributed by atoms with Gasteiger partial charge in [-0.3, -0.25) is 0 Å². The third-order valence-electron chi connectivity index (χ3n) is 2.74. The third kappa shape index (κ3) is 9.01. The van der Waals surface area contributed by atoms with Crippen molar-refractivity contribution in [3.63, 3.8) is 0 Å². The Morgan fingerprint density at radius 2 is 1.14 bits per heavy atom. The van der Waals surface area contributed by atoms with Crippen LogP contribution in [0.4, 0.5) is 0 Å². The normalized spacial score (nSPS) is 12.7. The quantitative estimate of drug-likeness (QED) is 0.675. The Labute approximate surface area is 129 Å². The molecule has 0 aliphatic rings. The first-order chi connectivity index (χ1) is 9.14.